The van der Waals surface area contributed by atoms with Crippen LogP contribution in [-0.4, -0.2) is 30.4 Å². The number of nitrogens with zero attached hydrogens (tertiary/aromatic N) is 1. The summed E-state index contributed by atoms with van der Waals surface area (Å²) in [6.07, 6.45) is 1.05. The number of para-hydroxylation sites is 1. The zero-order chi connectivity index (χ0) is 20.4. The van der Waals surface area contributed by atoms with Crippen molar-refractivity contribution in [3.8, 4) is 0 Å². The molecule has 6 heteroatoms. The van der Waals surface area contributed by atoms with Crippen molar-refractivity contribution in [2.75, 3.05) is 12.0 Å². The van der Waals surface area contributed by atoms with E-state index in [-0.39, 0.29) is 11.8 Å². The number of rotatable bonds is 3. The fraction of sp³-hybridized carbons (Fsp3) is 0.348. The van der Waals surface area contributed by atoms with Gasteiger partial charge in [-0.1, -0.05) is 48.0 Å². The average molecular weight is 390 g/mol. The lowest BCUT2D eigenvalue weighted by Crippen LogP contribution is -2.54. The van der Waals surface area contributed by atoms with Crippen LogP contribution in [0, 0.1) is 18.8 Å². The van der Waals surface area contributed by atoms with Crippen LogP contribution in [0.3, 0.4) is 0 Å². The molecule has 2 bridgehead atoms. The van der Waals surface area contributed by atoms with Crippen LogP contribution in [0.5, 0.6) is 0 Å². The molecule has 4 atom stereocenters. The molecule has 0 spiro atoms. The summed E-state index contributed by atoms with van der Waals surface area (Å²) in [4.78, 5) is 41.2. The Balaban J connectivity index is 1.69. The molecule has 0 aromatic heterocycles. The molecule has 0 radical (unpaired) electrons. The SMILES string of the molecule is COC(=O)[C@]12CC[C@](c3ccc(C)cc3)(N1)[C@@H]1C(=O)N(c3ccccc3)C(=O)[C@@H]12. The first-order valence-electron chi connectivity index (χ1n) is 9.82. The van der Waals surface area contributed by atoms with Crippen molar-refractivity contribution in [1.29, 1.82) is 0 Å². The van der Waals surface area contributed by atoms with Crippen molar-refractivity contribution in [2.45, 2.75) is 30.8 Å². The Hall–Kier alpha value is -2.99. The third kappa shape index (κ3) is 2.18. The summed E-state index contributed by atoms with van der Waals surface area (Å²) in [5.41, 5.74) is 0.633. The highest BCUT2D eigenvalue weighted by molar-refractivity contribution is 6.24. The van der Waals surface area contributed by atoms with Gasteiger partial charge in [0.25, 0.3) is 0 Å². The van der Waals surface area contributed by atoms with E-state index in [4.69, 9.17) is 4.74 Å². The topological polar surface area (TPSA) is 75.7 Å². The van der Waals surface area contributed by atoms with Gasteiger partial charge in [0, 0.05) is 0 Å². The first-order valence-corrected chi connectivity index (χ1v) is 9.82. The van der Waals surface area contributed by atoms with Gasteiger partial charge in [0.2, 0.25) is 11.8 Å². The smallest absolute Gasteiger partial charge is 0.326 e. The lowest BCUT2D eigenvalue weighted by atomic mass is 9.65. The Kier molecular flexibility index (Phi) is 3.74. The van der Waals surface area contributed by atoms with Crippen LogP contribution in [0.1, 0.15) is 24.0 Å². The highest BCUT2D eigenvalue weighted by atomic mass is 16.5. The molecular weight excluding hydrogens is 368 g/mol. The molecule has 0 aliphatic carbocycles. The van der Waals surface area contributed by atoms with Gasteiger partial charge in [0.15, 0.2) is 0 Å². The molecule has 0 unspecified atom stereocenters. The van der Waals surface area contributed by atoms with Gasteiger partial charge in [-0.25, -0.2) is 4.90 Å². The molecule has 6 nitrogen and oxygen atoms in total. The quantitative estimate of drug-likeness (QED) is 0.643. The molecule has 3 aliphatic heterocycles. The van der Waals surface area contributed by atoms with Gasteiger partial charge in [-0.15, -0.1) is 0 Å². The monoisotopic (exact) mass is 390 g/mol. The predicted molar refractivity (Wildman–Crippen MR) is 106 cm³/mol. The zero-order valence-electron chi connectivity index (χ0n) is 16.3. The summed E-state index contributed by atoms with van der Waals surface area (Å²) in [5.74, 6) is -2.50. The van der Waals surface area contributed by atoms with Gasteiger partial charge in [0.1, 0.15) is 5.54 Å². The maximum atomic E-state index is 13.6. The normalized spacial score (nSPS) is 32.6. The van der Waals surface area contributed by atoms with Gasteiger partial charge in [0.05, 0.1) is 30.2 Å². The Morgan fingerprint density at radius 3 is 2.31 bits per heavy atom. The summed E-state index contributed by atoms with van der Waals surface area (Å²) < 4.78 is 5.10. The number of amides is 2. The molecule has 3 fully saturated rings. The minimum Gasteiger partial charge on any atom is -0.468 e. The number of hydrogen-bond acceptors (Lipinski definition) is 5. The minimum atomic E-state index is -1.18. The number of carbonyl (C=O) groups excluding carboxylic acids is 3. The van der Waals surface area contributed by atoms with E-state index in [2.05, 4.69) is 5.32 Å². The number of esters is 1. The molecule has 2 amide bonds. The van der Waals surface area contributed by atoms with E-state index >= 15 is 0 Å². The van der Waals surface area contributed by atoms with Crippen LogP contribution < -0.4 is 10.2 Å². The average Bonchev–Trinajstić information content (AvgIpc) is 3.37. The van der Waals surface area contributed by atoms with Crippen molar-refractivity contribution < 1.29 is 19.1 Å². The zero-order valence-corrected chi connectivity index (χ0v) is 16.3. The minimum absolute atomic E-state index is 0.259. The van der Waals surface area contributed by atoms with Gasteiger partial charge >= 0.3 is 5.97 Å². The predicted octanol–water partition coefficient (Wildman–Crippen LogP) is 2.30. The van der Waals surface area contributed by atoms with Gasteiger partial charge in [-0.2, -0.15) is 0 Å². The van der Waals surface area contributed by atoms with Crippen LogP contribution in [0.15, 0.2) is 54.6 Å². The summed E-state index contributed by atoms with van der Waals surface area (Å²) in [6, 6.07) is 16.9. The maximum Gasteiger partial charge on any atom is 0.326 e. The number of hydrogen-bond donors (Lipinski definition) is 1. The summed E-state index contributed by atoms with van der Waals surface area (Å²) in [7, 11) is 1.33. The number of ether oxygens (including phenoxy) is 1. The standard InChI is InChI=1S/C23H22N2O4/c1-14-8-10-15(11-9-14)22-12-13-23(24-22,21(28)29-2)18-17(22)19(26)25(20(18)27)16-6-4-3-5-7-16/h3-11,17-18,24H,12-13H2,1-2H3/t17-,18+,22+,23+/m0/s1. The van der Waals surface area contributed by atoms with E-state index in [0.29, 0.717) is 18.5 Å². The molecule has 0 saturated carbocycles. The van der Waals surface area contributed by atoms with Crippen molar-refractivity contribution in [2.24, 2.45) is 11.8 Å². The number of aryl methyl sites for hydroxylation is 1. The van der Waals surface area contributed by atoms with E-state index < -0.39 is 28.9 Å². The molecule has 2 aromatic carbocycles. The van der Waals surface area contributed by atoms with Crippen LogP contribution in [-0.2, 0) is 24.7 Å². The van der Waals surface area contributed by atoms with Crippen LogP contribution in [0.4, 0.5) is 5.69 Å². The Labute approximate surface area is 168 Å². The summed E-state index contributed by atoms with van der Waals surface area (Å²) >= 11 is 0. The second-order valence-corrected chi connectivity index (χ2v) is 8.23. The highest BCUT2D eigenvalue weighted by Crippen LogP contribution is 2.61. The largest absolute Gasteiger partial charge is 0.468 e. The highest BCUT2D eigenvalue weighted by Gasteiger charge is 2.77. The third-order valence-electron chi connectivity index (χ3n) is 6.86. The van der Waals surface area contributed by atoms with Gasteiger partial charge in [-0.3, -0.25) is 19.7 Å². The Bertz CT molecular complexity index is 1020. The van der Waals surface area contributed by atoms with Gasteiger partial charge in [-0.05, 0) is 37.5 Å². The van der Waals surface area contributed by atoms with Crippen LogP contribution in [0.2, 0.25) is 0 Å². The van der Waals surface area contributed by atoms with Crippen molar-refractivity contribution in [3.63, 3.8) is 0 Å². The molecule has 1 N–H and O–H groups in total. The number of carbonyl (C=O) groups is 3. The third-order valence-corrected chi connectivity index (χ3v) is 6.86. The van der Waals surface area contributed by atoms with Crippen LogP contribution in [0.25, 0.3) is 0 Å². The second kappa shape index (κ2) is 6.00. The summed E-state index contributed by atoms with van der Waals surface area (Å²) in [5, 5.41) is 3.43. The second-order valence-electron chi connectivity index (χ2n) is 8.23. The number of imide groups is 1. The lowest BCUT2D eigenvalue weighted by molar-refractivity contribution is -0.152. The molecule has 3 aliphatic rings. The van der Waals surface area contributed by atoms with E-state index in [9.17, 15) is 14.4 Å². The molecule has 3 heterocycles. The number of anilines is 1. The number of fused-ring (bicyclic) bond motifs is 5. The fourth-order valence-corrected chi connectivity index (χ4v) is 5.59. The van der Waals surface area contributed by atoms with E-state index in [1.807, 2.05) is 37.3 Å². The van der Waals surface area contributed by atoms with Crippen molar-refractivity contribution in [1.82, 2.24) is 5.32 Å². The van der Waals surface area contributed by atoms with E-state index in [1.165, 1.54) is 12.0 Å². The number of benzene rings is 2. The lowest BCUT2D eigenvalue weighted by Gasteiger charge is -2.33. The Morgan fingerprint density at radius 1 is 1.00 bits per heavy atom. The molecule has 2 aromatic rings. The first kappa shape index (κ1) is 18.1. The molecule has 5 rings (SSSR count). The summed E-state index contributed by atoms with van der Waals surface area (Å²) in [6.45, 7) is 2.00. The molecular formula is C23H22N2O4. The van der Waals surface area contributed by atoms with Crippen LogP contribution >= 0.6 is 0 Å². The maximum absolute atomic E-state index is 13.6. The Morgan fingerprint density at radius 2 is 1.66 bits per heavy atom. The fourth-order valence-electron chi connectivity index (χ4n) is 5.59. The number of methoxy groups -OCH3 is 1. The van der Waals surface area contributed by atoms with Gasteiger partial charge < -0.3 is 4.74 Å². The number of nitrogens with one attached hydrogen (secondary N) is 1. The van der Waals surface area contributed by atoms with E-state index in [0.717, 1.165) is 11.1 Å². The van der Waals surface area contributed by atoms with E-state index in [1.54, 1.807) is 24.3 Å². The molecule has 3 saturated heterocycles. The molecule has 148 valence electrons. The first-order chi connectivity index (χ1) is 13.9. The van der Waals surface area contributed by atoms with Crippen molar-refractivity contribution >= 4 is 23.5 Å². The molecule has 29 heavy (non-hydrogen) atoms. The van der Waals surface area contributed by atoms with Crippen molar-refractivity contribution in [3.05, 3.63) is 65.7 Å².